The van der Waals surface area contributed by atoms with Crippen molar-refractivity contribution in [2.24, 2.45) is 0 Å². The summed E-state index contributed by atoms with van der Waals surface area (Å²) in [6, 6.07) is 9.03. The lowest BCUT2D eigenvalue weighted by molar-refractivity contribution is 0.274. The maximum atomic E-state index is 9.67. The van der Waals surface area contributed by atoms with E-state index in [0.717, 1.165) is 16.6 Å². The molecule has 4 aromatic rings. The van der Waals surface area contributed by atoms with Crippen LogP contribution in [0.5, 0.6) is 0 Å². The Morgan fingerprint density at radius 1 is 1.20 bits per heavy atom. The van der Waals surface area contributed by atoms with Gasteiger partial charge in [0.15, 0.2) is 0 Å². The van der Waals surface area contributed by atoms with E-state index in [1.165, 1.54) is 0 Å². The summed E-state index contributed by atoms with van der Waals surface area (Å²) >= 11 is 0. The average molecular weight is 336 g/mol. The highest BCUT2D eigenvalue weighted by Gasteiger charge is 2.16. The molecule has 0 saturated carbocycles. The molecule has 0 spiro atoms. The van der Waals surface area contributed by atoms with Crippen LogP contribution in [-0.4, -0.2) is 42.1 Å². The Hall–Kier alpha value is -3.46. The Balaban J connectivity index is 1.76. The van der Waals surface area contributed by atoms with Gasteiger partial charge in [0.2, 0.25) is 5.95 Å². The monoisotopic (exact) mass is 336 g/mol. The number of anilines is 2. The first kappa shape index (κ1) is 15.1. The minimum atomic E-state index is -0.406. The lowest BCUT2D eigenvalue weighted by atomic mass is 10.1. The number of aliphatic hydroxyl groups excluding tert-OH is 1. The predicted octanol–water partition coefficient (Wildman–Crippen LogP) is 1.47. The summed E-state index contributed by atoms with van der Waals surface area (Å²) < 4.78 is 0. The van der Waals surface area contributed by atoms with Gasteiger partial charge < -0.3 is 16.2 Å². The SMILES string of the molecule is Nc1nc(NC(CO)c2cc[nH]n2)c2ccc(-c3ccn[nH]3)cc2n1. The van der Waals surface area contributed by atoms with Crippen molar-refractivity contribution in [3.05, 3.63) is 48.4 Å². The molecule has 3 aromatic heterocycles. The summed E-state index contributed by atoms with van der Waals surface area (Å²) in [7, 11) is 0. The molecule has 1 aromatic carbocycles. The first-order chi connectivity index (χ1) is 12.2. The van der Waals surface area contributed by atoms with Gasteiger partial charge in [-0.25, -0.2) is 4.98 Å². The molecule has 25 heavy (non-hydrogen) atoms. The van der Waals surface area contributed by atoms with Crippen LogP contribution < -0.4 is 11.1 Å². The Labute approximate surface area is 142 Å². The maximum absolute atomic E-state index is 9.67. The number of nitrogens with one attached hydrogen (secondary N) is 3. The summed E-state index contributed by atoms with van der Waals surface area (Å²) in [6.07, 6.45) is 3.39. The Kier molecular flexibility index (Phi) is 3.75. The van der Waals surface area contributed by atoms with E-state index < -0.39 is 6.04 Å². The smallest absolute Gasteiger partial charge is 0.222 e. The van der Waals surface area contributed by atoms with Crippen LogP contribution >= 0.6 is 0 Å². The van der Waals surface area contributed by atoms with E-state index >= 15 is 0 Å². The van der Waals surface area contributed by atoms with Crippen LogP contribution in [0.3, 0.4) is 0 Å². The fourth-order valence-corrected chi connectivity index (χ4v) is 2.69. The third-order valence-electron chi connectivity index (χ3n) is 3.90. The largest absolute Gasteiger partial charge is 0.394 e. The van der Waals surface area contributed by atoms with Crippen molar-refractivity contribution in [2.75, 3.05) is 17.7 Å². The number of hydrogen-bond acceptors (Lipinski definition) is 7. The van der Waals surface area contributed by atoms with Gasteiger partial charge >= 0.3 is 0 Å². The van der Waals surface area contributed by atoms with Crippen LogP contribution in [0.2, 0.25) is 0 Å². The predicted molar refractivity (Wildman–Crippen MR) is 93.6 cm³/mol. The number of hydrogen-bond donors (Lipinski definition) is 5. The average Bonchev–Trinajstić information content (AvgIpc) is 3.32. The van der Waals surface area contributed by atoms with Gasteiger partial charge in [-0.05, 0) is 24.3 Å². The van der Waals surface area contributed by atoms with Crippen LogP contribution in [0.1, 0.15) is 11.7 Å². The Morgan fingerprint density at radius 2 is 2.12 bits per heavy atom. The maximum Gasteiger partial charge on any atom is 0.222 e. The van der Waals surface area contributed by atoms with Gasteiger partial charge in [-0.3, -0.25) is 10.2 Å². The number of H-pyrrole nitrogens is 2. The second kappa shape index (κ2) is 6.21. The molecule has 1 unspecified atom stereocenters. The van der Waals surface area contributed by atoms with Crippen molar-refractivity contribution in [3.8, 4) is 11.3 Å². The van der Waals surface area contributed by atoms with Crippen LogP contribution in [0.4, 0.5) is 11.8 Å². The van der Waals surface area contributed by atoms with Crippen molar-refractivity contribution < 1.29 is 5.11 Å². The van der Waals surface area contributed by atoms with E-state index in [-0.39, 0.29) is 12.6 Å². The molecule has 0 aliphatic rings. The minimum Gasteiger partial charge on any atom is -0.394 e. The molecule has 0 fully saturated rings. The number of aliphatic hydroxyl groups is 1. The fraction of sp³-hybridized carbons (Fsp3) is 0.125. The van der Waals surface area contributed by atoms with Crippen LogP contribution in [0.15, 0.2) is 42.7 Å². The molecule has 9 nitrogen and oxygen atoms in total. The van der Waals surface area contributed by atoms with Crippen molar-refractivity contribution in [2.45, 2.75) is 6.04 Å². The summed E-state index contributed by atoms with van der Waals surface area (Å²) in [5.41, 5.74) is 9.07. The molecule has 126 valence electrons. The molecule has 0 bridgehead atoms. The van der Waals surface area contributed by atoms with Crippen molar-refractivity contribution in [1.29, 1.82) is 0 Å². The molecule has 0 radical (unpaired) electrons. The van der Waals surface area contributed by atoms with E-state index in [1.54, 1.807) is 18.5 Å². The van der Waals surface area contributed by atoms with Crippen molar-refractivity contribution in [3.63, 3.8) is 0 Å². The van der Waals surface area contributed by atoms with Crippen LogP contribution in [0, 0.1) is 0 Å². The normalized spacial score (nSPS) is 12.4. The standard InChI is InChI=1S/C16H16N8O/c17-16-21-13-7-9(11-3-5-18-23-11)1-2-10(13)15(22-16)20-14(8-25)12-4-6-19-24-12/h1-7,14,25H,8H2,(H,18,23)(H,19,24)(H3,17,20,21,22). The van der Waals surface area contributed by atoms with Gasteiger partial charge in [-0.1, -0.05) is 6.07 Å². The van der Waals surface area contributed by atoms with Gasteiger partial charge in [-0.2, -0.15) is 15.2 Å². The summed E-state index contributed by atoms with van der Waals surface area (Å²) in [5.74, 6) is 0.691. The zero-order valence-electron chi connectivity index (χ0n) is 13.1. The number of nitrogens with two attached hydrogens (primary N) is 1. The number of nitrogen functional groups attached to an aromatic ring is 1. The lowest BCUT2D eigenvalue weighted by Crippen LogP contribution is -2.17. The molecule has 9 heteroatoms. The summed E-state index contributed by atoms with van der Waals surface area (Å²) in [5, 5.41) is 27.4. The zero-order valence-corrected chi connectivity index (χ0v) is 13.1. The van der Waals surface area contributed by atoms with Gasteiger partial charge in [0.05, 0.1) is 29.6 Å². The quantitative estimate of drug-likeness (QED) is 0.371. The van der Waals surface area contributed by atoms with E-state index in [9.17, 15) is 5.11 Å². The molecule has 4 rings (SSSR count). The second-order valence-electron chi connectivity index (χ2n) is 5.51. The molecule has 0 saturated heterocycles. The van der Waals surface area contributed by atoms with E-state index in [2.05, 4.69) is 35.7 Å². The van der Waals surface area contributed by atoms with E-state index in [1.807, 2.05) is 24.3 Å². The van der Waals surface area contributed by atoms with Crippen molar-refractivity contribution in [1.82, 2.24) is 30.4 Å². The molecule has 3 heterocycles. The molecular formula is C16H16N8O. The highest BCUT2D eigenvalue weighted by molar-refractivity contribution is 5.92. The highest BCUT2D eigenvalue weighted by Crippen LogP contribution is 2.28. The topological polar surface area (TPSA) is 141 Å². The number of nitrogens with zero attached hydrogens (tertiary/aromatic N) is 4. The molecule has 6 N–H and O–H groups in total. The third-order valence-corrected chi connectivity index (χ3v) is 3.90. The summed E-state index contributed by atoms with van der Waals surface area (Å²) in [4.78, 5) is 8.59. The van der Waals surface area contributed by atoms with Gasteiger partial charge in [0.1, 0.15) is 5.82 Å². The number of benzene rings is 1. The van der Waals surface area contributed by atoms with Crippen LogP contribution in [-0.2, 0) is 0 Å². The Morgan fingerprint density at radius 3 is 2.84 bits per heavy atom. The third kappa shape index (κ3) is 2.88. The minimum absolute atomic E-state index is 0.136. The van der Waals surface area contributed by atoms with Gasteiger partial charge in [0, 0.05) is 23.3 Å². The van der Waals surface area contributed by atoms with E-state index in [0.29, 0.717) is 17.0 Å². The lowest BCUT2D eigenvalue weighted by Gasteiger charge is -2.16. The molecule has 0 aliphatic carbocycles. The number of aromatic amines is 2. The highest BCUT2D eigenvalue weighted by atomic mass is 16.3. The number of aromatic nitrogens is 6. The fourth-order valence-electron chi connectivity index (χ4n) is 2.69. The molecular weight excluding hydrogens is 320 g/mol. The zero-order chi connectivity index (χ0) is 17.2. The Bertz CT molecular complexity index is 981. The molecule has 0 aliphatic heterocycles. The molecule has 1 atom stereocenters. The van der Waals surface area contributed by atoms with Crippen LogP contribution in [0.25, 0.3) is 22.2 Å². The molecule has 0 amide bonds. The number of rotatable bonds is 5. The second-order valence-corrected chi connectivity index (χ2v) is 5.51. The first-order valence-electron chi connectivity index (χ1n) is 7.68. The first-order valence-corrected chi connectivity index (χ1v) is 7.68. The van der Waals surface area contributed by atoms with Gasteiger partial charge in [-0.15, -0.1) is 0 Å². The summed E-state index contributed by atoms with van der Waals surface area (Å²) in [6.45, 7) is -0.136. The van der Waals surface area contributed by atoms with Gasteiger partial charge in [0.25, 0.3) is 0 Å². The van der Waals surface area contributed by atoms with Crippen molar-refractivity contribution >= 4 is 22.7 Å². The number of fused-ring (bicyclic) bond motifs is 1. The van der Waals surface area contributed by atoms with E-state index in [4.69, 9.17) is 5.73 Å².